The summed E-state index contributed by atoms with van der Waals surface area (Å²) in [5, 5.41) is 16.4. The Balaban J connectivity index is 1.58. The van der Waals surface area contributed by atoms with E-state index in [4.69, 9.17) is 20.3 Å². The lowest BCUT2D eigenvalue weighted by molar-refractivity contribution is 0.0944. The number of carbonyl (C=O) groups is 1. The monoisotopic (exact) mass is 445 g/mol. The van der Waals surface area contributed by atoms with Gasteiger partial charge in [0.05, 0.1) is 13.7 Å². The number of hydrogen-bond donors (Lipinski definition) is 4. The SMILES string of the molecule is COc1cc(Nc2nccc(Oc3ccc(N)c4ccccc34)n2)cc(C(=O)NCCO)c1. The molecule has 0 aliphatic rings. The highest BCUT2D eigenvalue weighted by molar-refractivity contribution is 5.97. The first kappa shape index (κ1) is 21.8. The zero-order chi connectivity index (χ0) is 23.2. The fourth-order valence-corrected chi connectivity index (χ4v) is 3.28. The van der Waals surface area contributed by atoms with Crippen molar-refractivity contribution in [3.8, 4) is 17.4 Å². The average molecular weight is 445 g/mol. The second-order valence-corrected chi connectivity index (χ2v) is 7.07. The number of carbonyl (C=O) groups excluding carboxylic acids is 1. The van der Waals surface area contributed by atoms with Crippen LogP contribution in [0.3, 0.4) is 0 Å². The second kappa shape index (κ2) is 9.84. The van der Waals surface area contributed by atoms with Crippen LogP contribution >= 0.6 is 0 Å². The minimum atomic E-state index is -0.334. The highest BCUT2D eigenvalue weighted by Crippen LogP contribution is 2.33. The summed E-state index contributed by atoms with van der Waals surface area (Å²) in [6.45, 7) is 0.00581. The van der Waals surface area contributed by atoms with Crippen LogP contribution in [0, 0.1) is 0 Å². The summed E-state index contributed by atoms with van der Waals surface area (Å²) in [5.74, 6) is 1.39. The number of methoxy groups -OCH3 is 1. The number of nitrogens with zero attached hydrogens (tertiary/aromatic N) is 2. The first-order valence-electron chi connectivity index (χ1n) is 10.2. The molecular formula is C24H23N5O4. The minimum Gasteiger partial charge on any atom is -0.497 e. The summed E-state index contributed by atoms with van der Waals surface area (Å²) in [4.78, 5) is 21.0. The van der Waals surface area contributed by atoms with E-state index in [1.807, 2.05) is 24.3 Å². The Morgan fingerprint density at radius 1 is 1.09 bits per heavy atom. The zero-order valence-corrected chi connectivity index (χ0v) is 17.9. The van der Waals surface area contributed by atoms with Crippen LogP contribution in [0.2, 0.25) is 0 Å². The minimum absolute atomic E-state index is 0.148. The third-order valence-corrected chi connectivity index (χ3v) is 4.82. The van der Waals surface area contributed by atoms with Gasteiger partial charge in [0.1, 0.15) is 11.5 Å². The number of nitrogens with two attached hydrogens (primary N) is 1. The Bertz CT molecular complexity index is 1300. The summed E-state index contributed by atoms with van der Waals surface area (Å²) in [7, 11) is 1.51. The van der Waals surface area contributed by atoms with Gasteiger partial charge in [0.15, 0.2) is 0 Å². The maximum absolute atomic E-state index is 12.3. The lowest BCUT2D eigenvalue weighted by atomic mass is 10.1. The molecule has 0 unspecified atom stereocenters. The summed E-state index contributed by atoms with van der Waals surface area (Å²) in [5.41, 5.74) is 7.66. The van der Waals surface area contributed by atoms with E-state index in [0.29, 0.717) is 34.3 Å². The molecule has 9 nitrogen and oxygen atoms in total. The number of benzene rings is 3. The van der Waals surface area contributed by atoms with Crippen molar-refractivity contribution in [3.05, 3.63) is 72.4 Å². The van der Waals surface area contributed by atoms with E-state index in [1.54, 1.807) is 42.6 Å². The van der Waals surface area contributed by atoms with Gasteiger partial charge >= 0.3 is 0 Å². The normalized spacial score (nSPS) is 10.6. The highest BCUT2D eigenvalue weighted by Gasteiger charge is 2.11. The number of nitrogen functional groups attached to an aromatic ring is 1. The first-order chi connectivity index (χ1) is 16.1. The average Bonchev–Trinajstić information content (AvgIpc) is 2.84. The standard InChI is InChI=1S/C24H23N5O4/c1-32-17-13-15(23(31)26-10-11-30)12-16(14-17)28-24-27-9-8-22(29-24)33-21-7-6-20(25)18-4-2-3-5-19(18)21/h2-9,12-14,30H,10-11,25H2,1H3,(H,26,31)(H,27,28,29). The fourth-order valence-electron chi connectivity index (χ4n) is 3.28. The molecule has 1 heterocycles. The maximum atomic E-state index is 12.3. The highest BCUT2D eigenvalue weighted by atomic mass is 16.5. The Labute approximate surface area is 190 Å². The van der Waals surface area contributed by atoms with Crippen LogP contribution in [-0.2, 0) is 0 Å². The summed E-state index contributed by atoms with van der Waals surface area (Å²) >= 11 is 0. The van der Waals surface area contributed by atoms with Crippen molar-refractivity contribution in [2.24, 2.45) is 0 Å². The Morgan fingerprint density at radius 2 is 1.91 bits per heavy atom. The van der Waals surface area contributed by atoms with Crippen molar-refractivity contribution in [1.29, 1.82) is 0 Å². The van der Waals surface area contributed by atoms with Crippen molar-refractivity contribution >= 4 is 34.0 Å². The number of hydrogen-bond acceptors (Lipinski definition) is 8. The summed E-state index contributed by atoms with van der Waals surface area (Å²) < 4.78 is 11.3. The van der Waals surface area contributed by atoms with Crippen LogP contribution < -0.4 is 25.8 Å². The van der Waals surface area contributed by atoms with Gasteiger partial charge in [-0.25, -0.2) is 4.98 Å². The quantitative estimate of drug-likeness (QED) is 0.303. The lowest BCUT2D eigenvalue weighted by Crippen LogP contribution is -2.26. The molecule has 1 aromatic heterocycles. The van der Waals surface area contributed by atoms with Crippen molar-refractivity contribution in [2.75, 3.05) is 31.3 Å². The van der Waals surface area contributed by atoms with Gasteiger partial charge in [-0.05, 0) is 24.3 Å². The smallest absolute Gasteiger partial charge is 0.251 e. The fraction of sp³-hybridized carbons (Fsp3) is 0.125. The number of ether oxygens (including phenoxy) is 2. The number of fused-ring (bicyclic) bond motifs is 1. The Hall–Kier alpha value is -4.37. The molecule has 0 bridgehead atoms. The molecule has 1 amide bonds. The van der Waals surface area contributed by atoms with E-state index in [0.717, 1.165) is 10.8 Å². The molecule has 0 spiro atoms. The molecule has 4 rings (SSSR count). The molecular weight excluding hydrogens is 422 g/mol. The first-order valence-corrected chi connectivity index (χ1v) is 10.2. The van der Waals surface area contributed by atoms with E-state index >= 15 is 0 Å². The van der Waals surface area contributed by atoms with Crippen molar-refractivity contribution in [1.82, 2.24) is 15.3 Å². The lowest BCUT2D eigenvalue weighted by Gasteiger charge is -2.12. The predicted octanol–water partition coefficient (Wildman–Crippen LogP) is 3.48. The molecule has 4 aromatic rings. The molecule has 33 heavy (non-hydrogen) atoms. The Kier molecular flexibility index (Phi) is 6.51. The van der Waals surface area contributed by atoms with Gasteiger partial charge in [-0.1, -0.05) is 24.3 Å². The van der Waals surface area contributed by atoms with Gasteiger partial charge in [0, 0.05) is 52.6 Å². The van der Waals surface area contributed by atoms with Crippen LogP contribution in [0.1, 0.15) is 10.4 Å². The van der Waals surface area contributed by atoms with Crippen molar-refractivity contribution < 1.29 is 19.4 Å². The number of rotatable bonds is 8. The van der Waals surface area contributed by atoms with Gasteiger partial charge in [0.25, 0.3) is 5.91 Å². The largest absolute Gasteiger partial charge is 0.497 e. The van der Waals surface area contributed by atoms with Gasteiger partial charge < -0.3 is 30.9 Å². The third-order valence-electron chi connectivity index (χ3n) is 4.82. The van der Waals surface area contributed by atoms with E-state index in [-0.39, 0.29) is 25.0 Å². The van der Waals surface area contributed by atoms with Crippen LogP contribution in [-0.4, -0.2) is 41.2 Å². The Morgan fingerprint density at radius 3 is 2.70 bits per heavy atom. The molecule has 0 fully saturated rings. The second-order valence-electron chi connectivity index (χ2n) is 7.07. The van der Waals surface area contributed by atoms with E-state index in [2.05, 4.69) is 20.6 Å². The van der Waals surface area contributed by atoms with Crippen molar-refractivity contribution in [3.63, 3.8) is 0 Å². The molecule has 9 heteroatoms. The zero-order valence-electron chi connectivity index (χ0n) is 17.9. The van der Waals surface area contributed by atoms with Gasteiger partial charge in [-0.3, -0.25) is 4.79 Å². The topological polar surface area (TPSA) is 132 Å². The number of aliphatic hydroxyl groups is 1. The number of aromatic nitrogens is 2. The van der Waals surface area contributed by atoms with Gasteiger partial charge in [-0.15, -0.1) is 0 Å². The molecule has 0 saturated carbocycles. The molecule has 168 valence electrons. The van der Waals surface area contributed by atoms with E-state index in [1.165, 1.54) is 7.11 Å². The predicted molar refractivity (Wildman–Crippen MR) is 126 cm³/mol. The van der Waals surface area contributed by atoms with Crippen LogP contribution in [0.15, 0.2) is 66.9 Å². The summed E-state index contributed by atoms with van der Waals surface area (Å²) in [6, 6.07) is 17.9. The molecule has 0 aliphatic heterocycles. The van der Waals surface area contributed by atoms with Crippen LogP contribution in [0.25, 0.3) is 10.8 Å². The molecule has 0 radical (unpaired) electrons. The van der Waals surface area contributed by atoms with Gasteiger partial charge in [-0.2, -0.15) is 4.98 Å². The number of amides is 1. The van der Waals surface area contributed by atoms with Crippen LogP contribution in [0.4, 0.5) is 17.3 Å². The van der Waals surface area contributed by atoms with E-state index < -0.39 is 0 Å². The number of nitrogens with one attached hydrogen (secondary N) is 2. The molecule has 0 saturated heterocycles. The molecule has 0 atom stereocenters. The third kappa shape index (κ3) is 5.10. The number of aliphatic hydroxyl groups excluding tert-OH is 1. The van der Waals surface area contributed by atoms with Crippen LogP contribution in [0.5, 0.6) is 17.4 Å². The molecule has 0 aliphatic carbocycles. The molecule has 3 aromatic carbocycles. The summed E-state index contributed by atoms with van der Waals surface area (Å²) in [6.07, 6.45) is 1.57. The van der Waals surface area contributed by atoms with Gasteiger partial charge in [0.2, 0.25) is 11.8 Å². The van der Waals surface area contributed by atoms with E-state index in [9.17, 15) is 4.79 Å². The maximum Gasteiger partial charge on any atom is 0.251 e. The molecule has 5 N–H and O–H groups in total. The number of anilines is 3. The van der Waals surface area contributed by atoms with Crippen molar-refractivity contribution in [2.45, 2.75) is 0 Å².